The SMILES string of the molecule is CCC(Cc1ccccc1)NC1CC(O)C1(C)C. The van der Waals surface area contributed by atoms with Crippen LogP contribution in [0.1, 0.15) is 39.2 Å². The van der Waals surface area contributed by atoms with Gasteiger partial charge in [-0.05, 0) is 24.8 Å². The Balaban J connectivity index is 1.91. The molecule has 100 valence electrons. The lowest BCUT2D eigenvalue weighted by molar-refractivity contribution is -0.0759. The fraction of sp³-hybridized carbons (Fsp3) is 0.625. The molecule has 1 aromatic rings. The first-order valence-corrected chi connectivity index (χ1v) is 7.02. The van der Waals surface area contributed by atoms with E-state index in [4.69, 9.17) is 0 Å². The minimum atomic E-state index is -0.149. The fourth-order valence-corrected chi connectivity index (χ4v) is 2.69. The van der Waals surface area contributed by atoms with Crippen molar-refractivity contribution in [3.63, 3.8) is 0 Å². The lowest BCUT2D eigenvalue weighted by Gasteiger charge is -2.51. The third-order valence-corrected chi connectivity index (χ3v) is 4.47. The van der Waals surface area contributed by atoms with E-state index in [0.29, 0.717) is 12.1 Å². The number of nitrogens with one attached hydrogen (secondary N) is 1. The van der Waals surface area contributed by atoms with Gasteiger partial charge in [0.1, 0.15) is 0 Å². The molecule has 0 amide bonds. The normalized spacial score (nSPS) is 27.6. The topological polar surface area (TPSA) is 32.3 Å². The van der Waals surface area contributed by atoms with Crippen molar-refractivity contribution in [1.82, 2.24) is 5.32 Å². The summed E-state index contributed by atoms with van der Waals surface area (Å²) in [5, 5.41) is 13.5. The molecule has 1 aliphatic carbocycles. The van der Waals surface area contributed by atoms with Gasteiger partial charge in [-0.15, -0.1) is 0 Å². The largest absolute Gasteiger partial charge is 0.392 e. The quantitative estimate of drug-likeness (QED) is 0.838. The average Bonchev–Trinajstić information content (AvgIpc) is 2.38. The predicted molar refractivity (Wildman–Crippen MR) is 75.6 cm³/mol. The van der Waals surface area contributed by atoms with Crippen molar-refractivity contribution in [3.8, 4) is 0 Å². The summed E-state index contributed by atoms with van der Waals surface area (Å²) in [6, 6.07) is 11.6. The maximum atomic E-state index is 9.78. The summed E-state index contributed by atoms with van der Waals surface area (Å²) in [5.41, 5.74) is 1.40. The number of aliphatic hydroxyl groups excluding tert-OH is 1. The van der Waals surface area contributed by atoms with Crippen LogP contribution < -0.4 is 5.32 Å². The van der Waals surface area contributed by atoms with Crippen LogP contribution >= 0.6 is 0 Å². The average molecular weight is 247 g/mol. The number of aliphatic hydroxyl groups is 1. The molecular formula is C16H25NO. The molecule has 1 aliphatic rings. The van der Waals surface area contributed by atoms with Crippen LogP contribution in [0.15, 0.2) is 30.3 Å². The van der Waals surface area contributed by atoms with E-state index in [1.165, 1.54) is 5.56 Å². The van der Waals surface area contributed by atoms with Gasteiger partial charge in [0.2, 0.25) is 0 Å². The zero-order valence-corrected chi connectivity index (χ0v) is 11.7. The molecule has 0 heterocycles. The van der Waals surface area contributed by atoms with Crippen LogP contribution in [0.5, 0.6) is 0 Å². The van der Waals surface area contributed by atoms with Gasteiger partial charge in [0.15, 0.2) is 0 Å². The van der Waals surface area contributed by atoms with Gasteiger partial charge >= 0.3 is 0 Å². The molecule has 0 aromatic heterocycles. The molecule has 0 saturated heterocycles. The Kier molecular flexibility index (Phi) is 4.08. The van der Waals surface area contributed by atoms with Crippen LogP contribution in [-0.4, -0.2) is 23.3 Å². The molecule has 18 heavy (non-hydrogen) atoms. The minimum Gasteiger partial charge on any atom is -0.392 e. The molecule has 2 heteroatoms. The summed E-state index contributed by atoms with van der Waals surface area (Å²) in [5.74, 6) is 0. The second-order valence-electron chi connectivity index (χ2n) is 6.09. The lowest BCUT2D eigenvalue weighted by atomic mass is 9.64. The molecular weight excluding hydrogens is 222 g/mol. The highest BCUT2D eigenvalue weighted by atomic mass is 16.3. The molecule has 2 nitrogen and oxygen atoms in total. The van der Waals surface area contributed by atoms with Crippen LogP contribution in [0.25, 0.3) is 0 Å². The Morgan fingerprint density at radius 2 is 2.00 bits per heavy atom. The second-order valence-corrected chi connectivity index (χ2v) is 6.09. The zero-order valence-electron chi connectivity index (χ0n) is 11.7. The summed E-state index contributed by atoms with van der Waals surface area (Å²) < 4.78 is 0. The van der Waals surface area contributed by atoms with Crippen molar-refractivity contribution in [3.05, 3.63) is 35.9 Å². The maximum absolute atomic E-state index is 9.78. The van der Waals surface area contributed by atoms with E-state index in [0.717, 1.165) is 19.3 Å². The van der Waals surface area contributed by atoms with Gasteiger partial charge in [-0.3, -0.25) is 0 Å². The van der Waals surface area contributed by atoms with Crippen molar-refractivity contribution < 1.29 is 5.11 Å². The first kappa shape index (κ1) is 13.6. The first-order chi connectivity index (χ1) is 8.54. The van der Waals surface area contributed by atoms with Crippen LogP contribution in [0, 0.1) is 5.41 Å². The van der Waals surface area contributed by atoms with Crippen LogP contribution in [0.3, 0.4) is 0 Å². The van der Waals surface area contributed by atoms with Gasteiger partial charge < -0.3 is 10.4 Å². The molecule has 3 atom stereocenters. The summed E-state index contributed by atoms with van der Waals surface area (Å²) in [6.45, 7) is 6.52. The Bertz CT molecular complexity index is 374. The third-order valence-electron chi connectivity index (χ3n) is 4.47. The van der Waals surface area contributed by atoms with E-state index in [2.05, 4.69) is 56.4 Å². The summed E-state index contributed by atoms with van der Waals surface area (Å²) in [4.78, 5) is 0. The van der Waals surface area contributed by atoms with E-state index >= 15 is 0 Å². The molecule has 1 fully saturated rings. The summed E-state index contributed by atoms with van der Waals surface area (Å²) >= 11 is 0. The molecule has 1 saturated carbocycles. The van der Waals surface area contributed by atoms with Gasteiger partial charge in [-0.25, -0.2) is 0 Å². The number of rotatable bonds is 5. The van der Waals surface area contributed by atoms with Crippen molar-refractivity contribution in [2.45, 2.75) is 58.2 Å². The first-order valence-electron chi connectivity index (χ1n) is 7.02. The van der Waals surface area contributed by atoms with Gasteiger partial charge in [-0.1, -0.05) is 51.1 Å². The third kappa shape index (κ3) is 2.76. The van der Waals surface area contributed by atoms with Crippen LogP contribution in [0.4, 0.5) is 0 Å². The molecule has 0 aliphatic heterocycles. The molecule has 2 N–H and O–H groups in total. The number of hydrogen-bond acceptors (Lipinski definition) is 2. The van der Waals surface area contributed by atoms with Gasteiger partial charge in [-0.2, -0.15) is 0 Å². The molecule has 2 rings (SSSR count). The maximum Gasteiger partial charge on any atom is 0.0621 e. The predicted octanol–water partition coefficient (Wildman–Crippen LogP) is 2.76. The smallest absolute Gasteiger partial charge is 0.0621 e. The highest BCUT2D eigenvalue weighted by molar-refractivity contribution is 5.16. The van der Waals surface area contributed by atoms with E-state index in [9.17, 15) is 5.11 Å². The molecule has 3 unspecified atom stereocenters. The highest BCUT2D eigenvalue weighted by Gasteiger charge is 2.47. The van der Waals surface area contributed by atoms with E-state index in [1.807, 2.05) is 0 Å². The highest BCUT2D eigenvalue weighted by Crippen LogP contribution is 2.40. The van der Waals surface area contributed by atoms with Crippen molar-refractivity contribution >= 4 is 0 Å². The summed E-state index contributed by atoms with van der Waals surface area (Å²) in [7, 11) is 0. The van der Waals surface area contributed by atoms with E-state index in [-0.39, 0.29) is 11.5 Å². The van der Waals surface area contributed by atoms with Gasteiger partial charge in [0.25, 0.3) is 0 Å². The lowest BCUT2D eigenvalue weighted by Crippen LogP contribution is -2.62. The Morgan fingerprint density at radius 1 is 1.33 bits per heavy atom. The Morgan fingerprint density at radius 3 is 2.50 bits per heavy atom. The number of hydrogen-bond donors (Lipinski definition) is 2. The standard InChI is InChI=1S/C16H25NO/c1-4-13(10-12-8-6-5-7-9-12)17-14-11-15(18)16(14,2)3/h5-9,13-15,17-18H,4,10-11H2,1-3H3. The molecule has 1 aromatic carbocycles. The molecule has 0 bridgehead atoms. The van der Waals surface area contributed by atoms with Crippen LogP contribution in [-0.2, 0) is 6.42 Å². The molecule has 0 spiro atoms. The zero-order chi connectivity index (χ0) is 13.2. The second kappa shape index (κ2) is 5.41. The van der Waals surface area contributed by atoms with Gasteiger partial charge in [0, 0.05) is 17.5 Å². The van der Waals surface area contributed by atoms with E-state index < -0.39 is 0 Å². The van der Waals surface area contributed by atoms with Crippen molar-refractivity contribution in [1.29, 1.82) is 0 Å². The van der Waals surface area contributed by atoms with Crippen molar-refractivity contribution in [2.24, 2.45) is 5.41 Å². The molecule has 0 radical (unpaired) electrons. The van der Waals surface area contributed by atoms with E-state index in [1.54, 1.807) is 0 Å². The van der Waals surface area contributed by atoms with Crippen molar-refractivity contribution in [2.75, 3.05) is 0 Å². The van der Waals surface area contributed by atoms with Crippen LogP contribution in [0.2, 0.25) is 0 Å². The fourth-order valence-electron chi connectivity index (χ4n) is 2.69. The summed E-state index contributed by atoms with van der Waals surface area (Å²) in [6.07, 6.45) is 2.93. The minimum absolute atomic E-state index is 0.0180. The monoisotopic (exact) mass is 247 g/mol. The number of benzene rings is 1. The Labute approximate surface area is 110 Å². The Hall–Kier alpha value is -0.860. The van der Waals surface area contributed by atoms with Gasteiger partial charge in [0.05, 0.1) is 6.10 Å².